The lowest BCUT2D eigenvalue weighted by Crippen LogP contribution is -1.98. The first-order valence-corrected chi connectivity index (χ1v) is 7.68. The second kappa shape index (κ2) is 5.31. The molecule has 0 atom stereocenters. The van der Waals surface area contributed by atoms with Crippen LogP contribution in [-0.4, -0.2) is 4.98 Å². The SMILES string of the molecule is Cc1cc(Br)c2nc(NCc3ccccc3)sc2c1. The van der Waals surface area contributed by atoms with Gasteiger partial charge in [-0.3, -0.25) is 0 Å². The third-order valence-electron chi connectivity index (χ3n) is 2.88. The highest BCUT2D eigenvalue weighted by Crippen LogP contribution is 2.32. The van der Waals surface area contributed by atoms with Crippen LogP contribution in [0.25, 0.3) is 10.2 Å². The molecule has 2 aromatic carbocycles. The number of hydrogen-bond acceptors (Lipinski definition) is 3. The van der Waals surface area contributed by atoms with Crippen molar-refractivity contribution in [3.63, 3.8) is 0 Å². The first kappa shape index (κ1) is 12.6. The van der Waals surface area contributed by atoms with Gasteiger partial charge in [0, 0.05) is 11.0 Å². The summed E-state index contributed by atoms with van der Waals surface area (Å²) in [4.78, 5) is 4.63. The normalized spacial score (nSPS) is 10.8. The predicted molar refractivity (Wildman–Crippen MR) is 85.8 cm³/mol. The van der Waals surface area contributed by atoms with Crippen LogP contribution in [0.3, 0.4) is 0 Å². The number of aryl methyl sites for hydroxylation is 1. The zero-order chi connectivity index (χ0) is 13.2. The van der Waals surface area contributed by atoms with Crippen LogP contribution in [-0.2, 0) is 6.54 Å². The molecule has 0 radical (unpaired) electrons. The molecule has 1 heterocycles. The molecule has 1 N–H and O–H groups in total. The molecule has 0 aliphatic rings. The Labute approximate surface area is 124 Å². The molecular formula is C15H13BrN2S. The average Bonchev–Trinajstić information content (AvgIpc) is 2.81. The smallest absolute Gasteiger partial charge is 0.184 e. The maximum atomic E-state index is 4.63. The summed E-state index contributed by atoms with van der Waals surface area (Å²) in [5, 5.41) is 4.35. The van der Waals surface area contributed by atoms with Crippen molar-refractivity contribution < 1.29 is 0 Å². The number of fused-ring (bicyclic) bond motifs is 1. The number of nitrogens with zero attached hydrogens (tertiary/aromatic N) is 1. The molecule has 2 nitrogen and oxygen atoms in total. The lowest BCUT2D eigenvalue weighted by Gasteiger charge is -2.01. The molecule has 0 saturated carbocycles. The van der Waals surface area contributed by atoms with Crippen LogP contribution in [0.1, 0.15) is 11.1 Å². The lowest BCUT2D eigenvalue weighted by molar-refractivity contribution is 1.14. The van der Waals surface area contributed by atoms with Crippen LogP contribution in [0.5, 0.6) is 0 Å². The van der Waals surface area contributed by atoms with E-state index in [-0.39, 0.29) is 0 Å². The Morgan fingerprint density at radius 2 is 2.00 bits per heavy atom. The first-order valence-electron chi connectivity index (χ1n) is 6.07. The van der Waals surface area contributed by atoms with E-state index in [0.29, 0.717) is 0 Å². The highest BCUT2D eigenvalue weighted by Gasteiger charge is 2.07. The van der Waals surface area contributed by atoms with Gasteiger partial charge in [-0.1, -0.05) is 41.7 Å². The van der Waals surface area contributed by atoms with Gasteiger partial charge in [-0.05, 0) is 46.1 Å². The summed E-state index contributed by atoms with van der Waals surface area (Å²) in [7, 11) is 0. The van der Waals surface area contributed by atoms with Crippen molar-refractivity contribution in [3.8, 4) is 0 Å². The molecule has 3 rings (SSSR count). The fourth-order valence-electron chi connectivity index (χ4n) is 1.97. The zero-order valence-corrected chi connectivity index (χ0v) is 12.9. The molecule has 0 saturated heterocycles. The van der Waals surface area contributed by atoms with Gasteiger partial charge >= 0.3 is 0 Å². The quantitative estimate of drug-likeness (QED) is 0.731. The highest BCUT2D eigenvalue weighted by molar-refractivity contribution is 9.10. The summed E-state index contributed by atoms with van der Waals surface area (Å²) >= 11 is 5.27. The summed E-state index contributed by atoms with van der Waals surface area (Å²) in [5.41, 5.74) is 3.54. The van der Waals surface area contributed by atoms with Crippen LogP contribution in [0.4, 0.5) is 5.13 Å². The average molecular weight is 333 g/mol. The zero-order valence-electron chi connectivity index (χ0n) is 10.5. The lowest BCUT2D eigenvalue weighted by atomic mass is 10.2. The Bertz CT molecular complexity index is 707. The minimum Gasteiger partial charge on any atom is -0.357 e. The van der Waals surface area contributed by atoms with Crippen molar-refractivity contribution in [2.75, 3.05) is 5.32 Å². The predicted octanol–water partition coefficient (Wildman–Crippen LogP) is 4.98. The van der Waals surface area contributed by atoms with E-state index in [4.69, 9.17) is 0 Å². The van der Waals surface area contributed by atoms with E-state index in [0.717, 1.165) is 21.7 Å². The van der Waals surface area contributed by atoms with Gasteiger partial charge in [0.25, 0.3) is 0 Å². The van der Waals surface area contributed by atoms with Crippen LogP contribution in [0, 0.1) is 6.92 Å². The van der Waals surface area contributed by atoms with Gasteiger partial charge in [0.15, 0.2) is 5.13 Å². The monoisotopic (exact) mass is 332 g/mol. The van der Waals surface area contributed by atoms with Crippen LogP contribution in [0.15, 0.2) is 46.9 Å². The van der Waals surface area contributed by atoms with E-state index in [1.807, 2.05) is 6.07 Å². The number of hydrogen-bond donors (Lipinski definition) is 1. The third-order valence-corrected chi connectivity index (χ3v) is 4.44. The minimum absolute atomic E-state index is 0.803. The molecule has 0 amide bonds. The first-order chi connectivity index (χ1) is 9.22. The summed E-state index contributed by atoms with van der Waals surface area (Å²) in [6.07, 6.45) is 0. The standard InChI is InChI=1S/C15H13BrN2S/c1-10-7-12(16)14-13(8-10)19-15(18-14)17-9-11-5-3-2-4-6-11/h2-8H,9H2,1H3,(H,17,18). The number of thiazole rings is 1. The second-order valence-corrected chi connectivity index (χ2v) is 6.34. The molecule has 0 spiro atoms. The number of anilines is 1. The molecule has 96 valence electrons. The molecule has 0 aliphatic heterocycles. The largest absolute Gasteiger partial charge is 0.357 e. The Morgan fingerprint density at radius 3 is 2.79 bits per heavy atom. The van der Waals surface area contributed by atoms with Gasteiger partial charge in [0.1, 0.15) is 0 Å². The Morgan fingerprint density at radius 1 is 1.21 bits per heavy atom. The summed E-state index contributed by atoms with van der Waals surface area (Å²) in [6, 6.07) is 14.6. The third kappa shape index (κ3) is 2.80. The highest BCUT2D eigenvalue weighted by atomic mass is 79.9. The number of aromatic nitrogens is 1. The molecule has 0 unspecified atom stereocenters. The molecule has 0 bridgehead atoms. The van der Waals surface area contributed by atoms with Crippen molar-refractivity contribution in [2.45, 2.75) is 13.5 Å². The molecule has 19 heavy (non-hydrogen) atoms. The maximum absolute atomic E-state index is 4.63. The number of benzene rings is 2. The summed E-state index contributed by atoms with van der Waals surface area (Å²) < 4.78 is 2.27. The van der Waals surface area contributed by atoms with E-state index in [1.165, 1.54) is 15.8 Å². The fourth-order valence-corrected chi connectivity index (χ4v) is 3.75. The number of rotatable bonds is 3. The molecular weight excluding hydrogens is 320 g/mol. The number of halogens is 1. The Kier molecular flexibility index (Phi) is 3.53. The minimum atomic E-state index is 0.803. The molecule has 0 aliphatic carbocycles. The van der Waals surface area contributed by atoms with E-state index in [9.17, 15) is 0 Å². The maximum Gasteiger partial charge on any atom is 0.184 e. The van der Waals surface area contributed by atoms with E-state index < -0.39 is 0 Å². The molecule has 4 heteroatoms. The Hall–Kier alpha value is -1.39. The van der Waals surface area contributed by atoms with Gasteiger partial charge in [0.05, 0.1) is 10.2 Å². The topological polar surface area (TPSA) is 24.9 Å². The molecule has 1 aromatic heterocycles. The van der Waals surface area contributed by atoms with Gasteiger partial charge in [-0.2, -0.15) is 0 Å². The van der Waals surface area contributed by atoms with Crippen molar-refractivity contribution in [3.05, 3.63) is 58.1 Å². The van der Waals surface area contributed by atoms with Crippen LogP contribution < -0.4 is 5.32 Å². The van der Waals surface area contributed by atoms with Crippen LogP contribution in [0.2, 0.25) is 0 Å². The number of nitrogens with one attached hydrogen (secondary N) is 1. The molecule has 0 fully saturated rings. The van der Waals surface area contributed by atoms with Gasteiger partial charge < -0.3 is 5.32 Å². The van der Waals surface area contributed by atoms with Crippen LogP contribution >= 0.6 is 27.3 Å². The van der Waals surface area contributed by atoms with Crippen molar-refractivity contribution in [1.29, 1.82) is 0 Å². The van der Waals surface area contributed by atoms with Gasteiger partial charge in [0.2, 0.25) is 0 Å². The second-order valence-electron chi connectivity index (χ2n) is 4.45. The van der Waals surface area contributed by atoms with E-state index in [2.05, 4.69) is 69.6 Å². The van der Waals surface area contributed by atoms with Gasteiger partial charge in [-0.15, -0.1) is 0 Å². The Balaban J connectivity index is 1.84. The molecule has 3 aromatic rings. The summed E-state index contributed by atoms with van der Waals surface area (Å²) in [6.45, 7) is 2.90. The van der Waals surface area contributed by atoms with Crippen molar-refractivity contribution in [2.24, 2.45) is 0 Å². The fraction of sp³-hybridized carbons (Fsp3) is 0.133. The van der Waals surface area contributed by atoms with E-state index in [1.54, 1.807) is 11.3 Å². The summed E-state index contributed by atoms with van der Waals surface area (Å²) in [5.74, 6) is 0. The van der Waals surface area contributed by atoms with Gasteiger partial charge in [-0.25, -0.2) is 4.98 Å². The van der Waals surface area contributed by atoms with Crippen molar-refractivity contribution in [1.82, 2.24) is 4.98 Å². The van der Waals surface area contributed by atoms with Crippen molar-refractivity contribution >= 4 is 42.6 Å². The van der Waals surface area contributed by atoms with E-state index >= 15 is 0 Å².